The summed E-state index contributed by atoms with van der Waals surface area (Å²) in [6.45, 7) is 0. The number of phenols is 1. The molecule has 0 aliphatic rings. The maximum atomic E-state index is 12.5. The first-order valence-corrected chi connectivity index (χ1v) is 7.48. The number of nitrogens with one attached hydrogen (secondary N) is 1. The molecule has 134 valence electrons. The zero-order chi connectivity index (χ0) is 19.1. The second-order valence-corrected chi connectivity index (χ2v) is 5.71. The molecule has 2 aromatic carbocycles. The molecule has 1 heterocycles. The van der Waals surface area contributed by atoms with Crippen molar-refractivity contribution in [1.82, 2.24) is 4.98 Å². The fourth-order valence-electron chi connectivity index (χ4n) is 2.43. The van der Waals surface area contributed by atoms with Gasteiger partial charge in [-0.05, 0) is 36.4 Å². The summed E-state index contributed by atoms with van der Waals surface area (Å²) in [6, 6.07) is 6.98. The number of ketones is 2. The highest BCUT2D eigenvalue weighted by atomic mass is 35.5. The van der Waals surface area contributed by atoms with Gasteiger partial charge in [-0.25, -0.2) is 0 Å². The number of alkyl halides is 3. The normalized spacial score (nSPS) is 11.5. The van der Waals surface area contributed by atoms with Gasteiger partial charge in [-0.3, -0.25) is 9.59 Å². The summed E-state index contributed by atoms with van der Waals surface area (Å²) in [5, 5.41) is 10.0. The highest BCUT2D eigenvalue weighted by Crippen LogP contribution is 2.29. The number of phenolic OH excluding ortho intramolecular Hbond substituents is 1. The molecule has 1 aromatic heterocycles. The van der Waals surface area contributed by atoms with Crippen LogP contribution in [0.2, 0.25) is 5.02 Å². The van der Waals surface area contributed by atoms with Gasteiger partial charge in [0.1, 0.15) is 11.5 Å². The van der Waals surface area contributed by atoms with Crippen molar-refractivity contribution in [2.75, 3.05) is 0 Å². The van der Waals surface area contributed by atoms with Crippen molar-refractivity contribution < 1.29 is 32.6 Å². The zero-order valence-corrected chi connectivity index (χ0v) is 13.5. The van der Waals surface area contributed by atoms with E-state index in [9.17, 15) is 27.9 Å². The third-order valence-electron chi connectivity index (χ3n) is 3.54. The fourth-order valence-corrected chi connectivity index (χ4v) is 2.59. The molecule has 0 aliphatic carbocycles. The monoisotopic (exact) mass is 383 g/mol. The number of halogens is 4. The molecule has 0 aliphatic heterocycles. The predicted octanol–water partition coefficient (Wildman–Crippen LogP) is 4.49. The molecule has 0 fully saturated rings. The number of ether oxygens (including phenoxy) is 1. The van der Waals surface area contributed by atoms with Crippen LogP contribution in [0.5, 0.6) is 11.5 Å². The second-order valence-electron chi connectivity index (χ2n) is 5.28. The highest BCUT2D eigenvalue weighted by molar-refractivity contribution is 6.51. The fraction of sp³-hybridized carbons (Fsp3) is 0.0588. The van der Waals surface area contributed by atoms with Gasteiger partial charge in [0.25, 0.3) is 0 Å². The quantitative estimate of drug-likeness (QED) is 0.514. The van der Waals surface area contributed by atoms with Crippen LogP contribution in [0.1, 0.15) is 20.7 Å². The summed E-state index contributed by atoms with van der Waals surface area (Å²) in [5.74, 6) is -3.03. The average molecular weight is 384 g/mol. The number of Topliss-reactive ketones (excluding diaryl/α,β-unsaturated/α-hetero) is 2. The standard InChI is InChI=1S/C17H9ClF3NO4/c18-8-1-3-10(14(23)5-8)15(24)16(25)12-7-22-13-4-2-9(6-11(12)13)26-17(19,20)21/h1-7,22-23H. The molecule has 2 N–H and O–H groups in total. The van der Waals surface area contributed by atoms with E-state index in [1.807, 2.05) is 0 Å². The van der Waals surface area contributed by atoms with E-state index >= 15 is 0 Å². The van der Waals surface area contributed by atoms with Crippen LogP contribution in [-0.4, -0.2) is 28.0 Å². The van der Waals surface area contributed by atoms with Crippen LogP contribution >= 0.6 is 11.6 Å². The summed E-state index contributed by atoms with van der Waals surface area (Å²) in [5.41, 5.74) is -0.0700. The van der Waals surface area contributed by atoms with Gasteiger partial charge in [-0.2, -0.15) is 0 Å². The SMILES string of the molecule is O=C(C(=O)c1c[nH]c2ccc(OC(F)(F)F)cc12)c1ccc(Cl)cc1O. The Morgan fingerprint density at radius 1 is 1.04 bits per heavy atom. The van der Waals surface area contributed by atoms with Crippen LogP contribution in [0.3, 0.4) is 0 Å². The molecule has 0 bridgehead atoms. The lowest BCUT2D eigenvalue weighted by molar-refractivity contribution is -0.274. The third-order valence-corrected chi connectivity index (χ3v) is 3.78. The zero-order valence-electron chi connectivity index (χ0n) is 12.7. The van der Waals surface area contributed by atoms with Gasteiger partial charge in [-0.15, -0.1) is 13.2 Å². The molecule has 3 rings (SSSR count). The molecule has 26 heavy (non-hydrogen) atoms. The number of hydrogen-bond acceptors (Lipinski definition) is 4. The summed E-state index contributed by atoms with van der Waals surface area (Å²) in [7, 11) is 0. The molecular weight excluding hydrogens is 375 g/mol. The molecule has 0 saturated carbocycles. The lowest BCUT2D eigenvalue weighted by Gasteiger charge is -2.09. The average Bonchev–Trinajstić information content (AvgIpc) is 2.95. The first kappa shape index (κ1) is 17.8. The highest BCUT2D eigenvalue weighted by Gasteiger charge is 2.31. The number of aromatic nitrogens is 1. The molecular formula is C17H9ClF3NO4. The van der Waals surface area contributed by atoms with Crippen LogP contribution < -0.4 is 4.74 Å². The van der Waals surface area contributed by atoms with Crippen LogP contribution in [0, 0.1) is 0 Å². The molecule has 0 radical (unpaired) electrons. The predicted molar refractivity (Wildman–Crippen MR) is 86.8 cm³/mol. The minimum atomic E-state index is -4.89. The van der Waals surface area contributed by atoms with Gasteiger partial charge in [-0.1, -0.05) is 11.6 Å². The van der Waals surface area contributed by atoms with Gasteiger partial charge in [0.15, 0.2) is 0 Å². The maximum absolute atomic E-state index is 12.5. The molecule has 3 aromatic rings. The van der Waals surface area contributed by atoms with E-state index in [4.69, 9.17) is 11.6 Å². The Hall–Kier alpha value is -3.00. The third kappa shape index (κ3) is 3.50. The summed E-state index contributed by atoms with van der Waals surface area (Å²) in [6.07, 6.45) is -3.69. The van der Waals surface area contributed by atoms with Gasteiger partial charge < -0.3 is 14.8 Å². The van der Waals surface area contributed by atoms with Crippen LogP contribution in [0.25, 0.3) is 10.9 Å². The molecule has 0 unspecified atom stereocenters. The van der Waals surface area contributed by atoms with Gasteiger partial charge in [0, 0.05) is 22.1 Å². The minimum Gasteiger partial charge on any atom is -0.507 e. The van der Waals surface area contributed by atoms with Crippen molar-refractivity contribution in [2.24, 2.45) is 0 Å². The number of fused-ring (bicyclic) bond motifs is 1. The van der Waals surface area contributed by atoms with Gasteiger partial charge >= 0.3 is 6.36 Å². The van der Waals surface area contributed by atoms with Crippen LogP contribution in [-0.2, 0) is 0 Å². The molecule has 5 nitrogen and oxygen atoms in total. The number of hydrogen-bond donors (Lipinski definition) is 2. The minimum absolute atomic E-state index is 0.0820. The second kappa shape index (κ2) is 6.38. The maximum Gasteiger partial charge on any atom is 0.573 e. The Morgan fingerprint density at radius 2 is 1.73 bits per heavy atom. The van der Waals surface area contributed by atoms with E-state index in [0.29, 0.717) is 5.52 Å². The largest absolute Gasteiger partial charge is 0.573 e. The number of H-pyrrole nitrogens is 1. The molecule has 0 atom stereocenters. The van der Waals surface area contributed by atoms with Gasteiger partial charge in [0.2, 0.25) is 11.6 Å². The number of benzene rings is 2. The van der Waals surface area contributed by atoms with E-state index in [-0.39, 0.29) is 21.5 Å². The Bertz CT molecular complexity index is 1030. The van der Waals surface area contributed by atoms with Gasteiger partial charge in [0.05, 0.1) is 11.1 Å². The number of aromatic amines is 1. The lowest BCUT2D eigenvalue weighted by atomic mass is 10.0. The summed E-state index contributed by atoms with van der Waals surface area (Å²) in [4.78, 5) is 27.5. The van der Waals surface area contributed by atoms with E-state index in [2.05, 4.69) is 9.72 Å². The smallest absolute Gasteiger partial charge is 0.507 e. The van der Waals surface area contributed by atoms with E-state index < -0.39 is 29.4 Å². The van der Waals surface area contributed by atoms with Crippen molar-refractivity contribution in [3.05, 3.63) is 58.7 Å². The topological polar surface area (TPSA) is 79.4 Å². The summed E-state index contributed by atoms with van der Waals surface area (Å²) < 4.78 is 40.9. The molecule has 0 spiro atoms. The van der Waals surface area contributed by atoms with Crippen LogP contribution in [0.4, 0.5) is 13.2 Å². The summed E-state index contributed by atoms with van der Waals surface area (Å²) >= 11 is 5.68. The molecule has 9 heteroatoms. The lowest BCUT2D eigenvalue weighted by Crippen LogP contribution is -2.17. The number of rotatable bonds is 4. The van der Waals surface area contributed by atoms with Crippen molar-refractivity contribution in [1.29, 1.82) is 0 Å². The molecule has 0 amide bonds. The van der Waals surface area contributed by atoms with Crippen molar-refractivity contribution >= 4 is 34.1 Å². The first-order valence-electron chi connectivity index (χ1n) is 7.10. The Morgan fingerprint density at radius 3 is 2.38 bits per heavy atom. The Balaban J connectivity index is 2.00. The van der Waals surface area contributed by atoms with E-state index in [0.717, 1.165) is 18.2 Å². The van der Waals surface area contributed by atoms with Crippen molar-refractivity contribution in [3.8, 4) is 11.5 Å². The van der Waals surface area contributed by atoms with E-state index in [1.165, 1.54) is 24.4 Å². The van der Waals surface area contributed by atoms with Crippen molar-refractivity contribution in [3.63, 3.8) is 0 Å². The number of carbonyl (C=O) groups is 2. The Kier molecular flexibility index (Phi) is 4.37. The van der Waals surface area contributed by atoms with Crippen LogP contribution in [0.15, 0.2) is 42.6 Å². The molecule has 0 saturated heterocycles. The number of carbonyl (C=O) groups excluding carboxylic acids is 2. The number of aromatic hydroxyl groups is 1. The first-order chi connectivity index (χ1) is 12.2. The Labute approximate surface area is 149 Å². The van der Waals surface area contributed by atoms with E-state index in [1.54, 1.807) is 0 Å². The van der Waals surface area contributed by atoms with Crippen molar-refractivity contribution in [2.45, 2.75) is 6.36 Å².